The maximum absolute atomic E-state index is 13.7. The Hall–Kier alpha value is -3.35. The molecule has 0 bridgehead atoms. The number of benzene rings is 2. The highest BCUT2D eigenvalue weighted by atomic mass is 19.4. The van der Waals surface area contributed by atoms with Gasteiger partial charge in [-0.25, -0.2) is 9.18 Å². The molecule has 1 fully saturated rings. The molecule has 2 N–H and O–H groups in total. The van der Waals surface area contributed by atoms with Crippen LogP contribution in [-0.2, 0) is 22.6 Å². The van der Waals surface area contributed by atoms with Crippen molar-refractivity contribution in [2.75, 3.05) is 33.3 Å². The zero-order valence-corrected chi connectivity index (χ0v) is 21.3. The second-order valence-corrected chi connectivity index (χ2v) is 9.92. The van der Waals surface area contributed by atoms with Crippen molar-refractivity contribution < 1.29 is 45.4 Å². The number of halogens is 7. The summed E-state index contributed by atoms with van der Waals surface area (Å²) in [6.45, 7) is 2.19. The zero-order chi connectivity index (χ0) is 29.3. The standard InChI is InChI=1S/C26H28F7N3O3/c1-24(2,16-10-17(25(28,29)30)12-18(11-16)26(31,32)33)22(38)35(3)21-14-36(23(39)34-8-9-37)13-20(21)15-4-6-19(27)7-5-15/h4-7,10-12,20-21,37H,8-9,13-14H2,1-3H3,(H,34,39)/t20-,21+/m1/s1. The van der Waals surface area contributed by atoms with Gasteiger partial charge in [0.15, 0.2) is 0 Å². The zero-order valence-electron chi connectivity index (χ0n) is 21.3. The molecule has 3 amide bonds. The molecule has 2 atom stereocenters. The predicted molar refractivity (Wildman–Crippen MR) is 127 cm³/mol. The number of aliphatic hydroxyl groups is 1. The van der Waals surface area contributed by atoms with Crippen LogP contribution in [0.4, 0.5) is 35.5 Å². The number of likely N-dealkylation sites (N-methyl/N-ethyl adjacent to an activating group) is 1. The van der Waals surface area contributed by atoms with Gasteiger partial charge in [-0.3, -0.25) is 4.79 Å². The lowest BCUT2D eigenvalue weighted by atomic mass is 9.80. The van der Waals surface area contributed by atoms with Crippen LogP contribution in [0.5, 0.6) is 0 Å². The quantitative estimate of drug-likeness (QED) is 0.498. The lowest BCUT2D eigenvalue weighted by molar-refractivity contribution is -0.144. The number of aliphatic hydroxyl groups excluding tert-OH is 1. The number of nitrogens with one attached hydrogen (secondary N) is 1. The Balaban J connectivity index is 2.00. The highest BCUT2D eigenvalue weighted by Crippen LogP contribution is 2.40. The van der Waals surface area contributed by atoms with Crippen LogP contribution in [0.15, 0.2) is 42.5 Å². The number of hydrogen-bond donors (Lipinski definition) is 2. The van der Waals surface area contributed by atoms with E-state index in [1.165, 1.54) is 55.0 Å². The normalized spacial score (nSPS) is 18.3. The van der Waals surface area contributed by atoms with E-state index >= 15 is 0 Å². The molecule has 214 valence electrons. The van der Waals surface area contributed by atoms with Crippen LogP contribution in [0.3, 0.4) is 0 Å². The summed E-state index contributed by atoms with van der Waals surface area (Å²) in [5.74, 6) is -1.83. The molecular weight excluding hydrogens is 535 g/mol. The van der Waals surface area contributed by atoms with E-state index in [4.69, 9.17) is 5.11 Å². The maximum Gasteiger partial charge on any atom is 0.416 e. The first-order chi connectivity index (χ1) is 18.0. The van der Waals surface area contributed by atoms with Gasteiger partial charge >= 0.3 is 18.4 Å². The molecule has 1 aliphatic heterocycles. The minimum atomic E-state index is -5.08. The summed E-state index contributed by atoms with van der Waals surface area (Å²) in [6.07, 6.45) is -10.2. The van der Waals surface area contributed by atoms with Gasteiger partial charge in [0.1, 0.15) is 5.82 Å². The molecule has 0 radical (unpaired) electrons. The first-order valence-electron chi connectivity index (χ1n) is 11.9. The Labute approximate surface area is 220 Å². The number of carbonyl (C=O) groups excluding carboxylic acids is 2. The van der Waals surface area contributed by atoms with Gasteiger partial charge in [-0.1, -0.05) is 12.1 Å². The summed E-state index contributed by atoms with van der Waals surface area (Å²) >= 11 is 0. The summed E-state index contributed by atoms with van der Waals surface area (Å²) in [5.41, 5.74) is -4.79. The van der Waals surface area contributed by atoms with Gasteiger partial charge in [-0.05, 0) is 55.3 Å². The van der Waals surface area contributed by atoms with Crippen LogP contribution >= 0.6 is 0 Å². The molecule has 39 heavy (non-hydrogen) atoms. The van der Waals surface area contributed by atoms with Gasteiger partial charge in [0.2, 0.25) is 5.91 Å². The fourth-order valence-corrected chi connectivity index (χ4v) is 4.69. The van der Waals surface area contributed by atoms with Gasteiger partial charge in [-0.15, -0.1) is 0 Å². The van der Waals surface area contributed by atoms with E-state index in [9.17, 15) is 40.3 Å². The van der Waals surface area contributed by atoms with Crippen LogP contribution in [0.25, 0.3) is 0 Å². The Kier molecular flexibility index (Phi) is 8.54. The molecule has 3 rings (SSSR count). The fraction of sp³-hybridized carbons (Fsp3) is 0.462. The predicted octanol–water partition coefficient (Wildman–Crippen LogP) is 4.77. The number of hydrogen-bond acceptors (Lipinski definition) is 3. The van der Waals surface area contributed by atoms with Crippen molar-refractivity contribution in [2.45, 2.75) is 43.6 Å². The molecule has 0 aliphatic carbocycles. The van der Waals surface area contributed by atoms with Crippen molar-refractivity contribution in [1.82, 2.24) is 15.1 Å². The third-order valence-electron chi connectivity index (χ3n) is 6.92. The maximum atomic E-state index is 13.7. The van der Waals surface area contributed by atoms with Crippen LogP contribution in [0, 0.1) is 5.82 Å². The summed E-state index contributed by atoms with van der Waals surface area (Å²) in [5, 5.41) is 11.5. The molecule has 2 aromatic carbocycles. The number of rotatable bonds is 6. The average Bonchev–Trinajstić information content (AvgIpc) is 3.31. The molecule has 0 saturated carbocycles. The van der Waals surface area contributed by atoms with Crippen molar-refractivity contribution in [3.05, 3.63) is 70.5 Å². The minimum Gasteiger partial charge on any atom is -0.395 e. The third-order valence-corrected chi connectivity index (χ3v) is 6.92. The van der Waals surface area contributed by atoms with Crippen molar-refractivity contribution in [3.63, 3.8) is 0 Å². The molecule has 0 spiro atoms. The van der Waals surface area contributed by atoms with E-state index in [2.05, 4.69) is 5.32 Å². The Morgan fingerprint density at radius 2 is 1.46 bits per heavy atom. The Bertz CT molecular complexity index is 1160. The molecule has 1 aliphatic rings. The van der Waals surface area contributed by atoms with E-state index < -0.39 is 64.2 Å². The lowest BCUT2D eigenvalue weighted by Gasteiger charge is -2.36. The third kappa shape index (κ3) is 6.63. The van der Waals surface area contributed by atoms with Crippen molar-refractivity contribution in [2.24, 2.45) is 0 Å². The van der Waals surface area contributed by atoms with E-state index in [-0.39, 0.29) is 32.3 Å². The largest absolute Gasteiger partial charge is 0.416 e. The SMILES string of the molecule is CN(C(=O)C(C)(C)c1cc(C(F)(F)F)cc(C(F)(F)F)c1)[C@H]1CN(C(=O)NCCO)C[C@@H]1c1ccc(F)cc1. The lowest BCUT2D eigenvalue weighted by Crippen LogP contribution is -2.49. The minimum absolute atomic E-state index is 0.00181. The molecular formula is C26H28F7N3O3. The van der Waals surface area contributed by atoms with Gasteiger partial charge in [-0.2, -0.15) is 26.3 Å². The highest BCUT2D eigenvalue weighted by Gasteiger charge is 2.45. The van der Waals surface area contributed by atoms with E-state index in [0.29, 0.717) is 17.7 Å². The van der Waals surface area contributed by atoms with Crippen molar-refractivity contribution in [3.8, 4) is 0 Å². The number of urea groups is 1. The first kappa shape index (κ1) is 30.2. The van der Waals surface area contributed by atoms with Crippen molar-refractivity contribution in [1.29, 1.82) is 0 Å². The average molecular weight is 564 g/mol. The number of likely N-dealkylation sites (tertiary alicyclic amines) is 1. The van der Waals surface area contributed by atoms with Crippen LogP contribution in [-0.4, -0.2) is 66.2 Å². The smallest absolute Gasteiger partial charge is 0.395 e. The van der Waals surface area contributed by atoms with Crippen LogP contribution in [0.1, 0.15) is 42.0 Å². The first-order valence-corrected chi connectivity index (χ1v) is 11.9. The number of nitrogens with zero attached hydrogens (tertiary/aromatic N) is 2. The number of carbonyl (C=O) groups is 2. The van der Waals surface area contributed by atoms with E-state index in [1.807, 2.05) is 0 Å². The molecule has 6 nitrogen and oxygen atoms in total. The number of amides is 3. The van der Waals surface area contributed by atoms with Crippen LogP contribution < -0.4 is 5.32 Å². The van der Waals surface area contributed by atoms with Crippen molar-refractivity contribution >= 4 is 11.9 Å². The Morgan fingerprint density at radius 1 is 0.949 bits per heavy atom. The topological polar surface area (TPSA) is 72.9 Å². The highest BCUT2D eigenvalue weighted by molar-refractivity contribution is 5.88. The monoisotopic (exact) mass is 563 g/mol. The molecule has 13 heteroatoms. The summed E-state index contributed by atoms with van der Waals surface area (Å²) in [7, 11) is 1.36. The molecule has 1 heterocycles. The van der Waals surface area contributed by atoms with E-state index in [0.717, 1.165) is 0 Å². The van der Waals surface area contributed by atoms with Gasteiger partial charge in [0.05, 0.1) is 29.2 Å². The Morgan fingerprint density at radius 3 is 1.95 bits per heavy atom. The summed E-state index contributed by atoms with van der Waals surface area (Å²) < 4.78 is 94.3. The molecule has 2 aromatic rings. The van der Waals surface area contributed by atoms with E-state index in [1.54, 1.807) is 0 Å². The number of alkyl halides is 6. The second kappa shape index (κ2) is 11.0. The summed E-state index contributed by atoms with van der Waals surface area (Å²) in [6, 6.07) is 5.15. The molecule has 0 aromatic heterocycles. The summed E-state index contributed by atoms with van der Waals surface area (Å²) in [4.78, 5) is 28.9. The van der Waals surface area contributed by atoms with Gasteiger partial charge in [0.25, 0.3) is 0 Å². The van der Waals surface area contributed by atoms with Gasteiger partial charge < -0.3 is 20.2 Å². The fourth-order valence-electron chi connectivity index (χ4n) is 4.69. The molecule has 1 saturated heterocycles. The van der Waals surface area contributed by atoms with Gasteiger partial charge in [0, 0.05) is 32.6 Å². The molecule has 0 unspecified atom stereocenters. The van der Waals surface area contributed by atoms with Crippen LogP contribution in [0.2, 0.25) is 0 Å². The second-order valence-electron chi connectivity index (χ2n) is 9.92.